The normalized spacial score (nSPS) is 10.5. The molecular formula is C8H9N3O. The number of rotatable bonds is 1. The highest BCUT2D eigenvalue weighted by molar-refractivity contribution is 5.76. The van der Waals surface area contributed by atoms with Gasteiger partial charge in [0.1, 0.15) is 5.52 Å². The predicted molar refractivity (Wildman–Crippen MR) is 46.6 cm³/mol. The zero-order valence-electron chi connectivity index (χ0n) is 6.66. The van der Waals surface area contributed by atoms with Gasteiger partial charge in [-0.25, -0.2) is 4.98 Å². The first-order chi connectivity index (χ1) is 5.79. The molecule has 0 amide bonds. The Hall–Kier alpha value is -1.55. The van der Waals surface area contributed by atoms with E-state index in [0.29, 0.717) is 5.89 Å². The van der Waals surface area contributed by atoms with E-state index < -0.39 is 0 Å². The number of oxazole rings is 1. The number of hydrazine groups is 1. The van der Waals surface area contributed by atoms with Gasteiger partial charge in [-0.1, -0.05) is 0 Å². The van der Waals surface area contributed by atoms with Gasteiger partial charge in [0.05, 0.1) is 5.69 Å². The Morgan fingerprint density at radius 3 is 3.08 bits per heavy atom. The Balaban J connectivity index is 2.66. The topological polar surface area (TPSA) is 64.1 Å². The summed E-state index contributed by atoms with van der Waals surface area (Å²) >= 11 is 0. The van der Waals surface area contributed by atoms with E-state index in [1.54, 1.807) is 0 Å². The highest BCUT2D eigenvalue weighted by atomic mass is 16.3. The van der Waals surface area contributed by atoms with Crippen LogP contribution in [0, 0.1) is 6.92 Å². The molecule has 1 heterocycles. The second kappa shape index (κ2) is 2.49. The van der Waals surface area contributed by atoms with E-state index in [9.17, 15) is 0 Å². The van der Waals surface area contributed by atoms with Crippen molar-refractivity contribution in [2.45, 2.75) is 6.92 Å². The molecule has 0 unspecified atom stereocenters. The lowest BCUT2D eigenvalue weighted by atomic mass is 10.3. The monoisotopic (exact) mass is 163 g/mol. The second-order valence-electron chi connectivity index (χ2n) is 2.56. The first kappa shape index (κ1) is 7.12. The van der Waals surface area contributed by atoms with Crippen molar-refractivity contribution in [1.82, 2.24) is 4.98 Å². The summed E-state index contributed by atoms with van der Waals surface area (Å²) in [4.78, 5) is 4.15. The Morgan fingerprint density at radius 1 is 1.50 bits per heavy atom. The number of aryl methyl sites for hydroxylation is 1. The van der Waals surface area contributed by atoms with Crippen LogP contribution in [0.25, 0.3) is 11.1 Å². The molecule has 1 aromatic heterocycles. The fourth-order valence-electron chi connectivity index (χ4n) is 1.13. The molecule has 62 valence electrons. The van der Waals surface area contributed by atoms with Crippen LogP contribution in [-0.4, -0.2) is 4.98 Å². The van der Waals surface area contributed by atoms with Gasteiger partial charge in [-0.15, -0.1) is 0 Å². The molecule has 0 bridgehead atoms. The van der Waals surface area contributed by atoms with Crippen molar-refractivity contribution < 1.29 is 4.42 Å². The van der Waals surface area contributed by atoms with Crippen molar-refractivity contribution >= 4 is 16.8 Å². The summed E-state index contributed by atoms with van der Waals surface area (Å²) < 4.78 is 5.30. The minimum Gasteiger partial charge on any atom is -0.441 e. The minimum absolute atomic E-state index is 0.666. The number of nitrogen functional groups attached to an aromatic ring is 1. The summed E-state index contributed by atoms with van der Waals surface area (Å²) in [6.45, 7) is 1.82. The smallest absolute Gasteiger partial charge is 0.192 e. The average Bonchev–Trinajstić information content (AvgIpc) is 2.43. The van der Waals surface area contributed by atoms with Crippen molar-refractivity contribution in [3.05, 3.63) is 24.1 Å². The summed E-state index contributed by atoms with van der Waals surface area (Å²) in [5, 5.41) is 0. The highest BCUT2D eigenvalue weighted by Gasteiger charge is 2.01. The van der Waals surface area contributed by atoms with Crippen LogP contribution in [0.1, 0.15) is 5.89 Å². The summed E-state index contributed by atoms with van der Waals surface area (Å²) in [5.41, 5.74) is 4.96. The van der Waals surface area contributed by atoms with Gasteiger partial charge in [-0.3, -0.25) is 5.84 Å². The molecule has 12 heavy (non-hydrogen) atoms. The molecule has 1 aromatic carbocycles. The summed E-state index contributed by atoms with van der Waals surface area (Å²) in [6, 6.07) is 5.53. The molecule has 0 fully saturated rings. The van der Waals surface area contributed by atoms with Gasteiger partial charge in [0.25, 0.3) is 0 Å². The quantitative estimate of drug-likeness (QED) is 0.493. The van der Waals surface area contributed by atoms with Crippen molar-refractivity contribution in [2.75, 3.05) is 5.43 Å². The van der Waals surface area contributed by atoms with Crippen molar-refractivity contribution in [2.24, 2.45) is 5.84 Å². The van der Waals surface area contributed by atoms with Crippen LogP contribution in [0.5, 0.6) is 0 Å². The number of fused-ring (bicyclic) bond motifs is 1. The molecule has 2 aromatic rings. The summed E-state index contributed by atoms with van der Waals surface area (Å²) in [5.74, 6) is 5.90. The number of anilines is 1. The van der Waals surface area contributed by atoms with Crippen molar-refractivity contribution in [3.8, 4) is 0 Å². The molecule has 4 nitrogen and oxygen atoms in total. The Kier molecular flexibility index (Phi) is 1.48. The molecule has 0 atom stereocenters. The second-order valence-corrected chi connectivity index (χ2v) is 2.56. The van der Waals surface area contributed by atoms with Gasteiger partial charge >= 0.3 is 0 Å². The van der Waals surface area contributed by atoms with Crippen molar-refractivity contribution in [3.63, 3.8) is 0 Å². The number of hydrogen-bond acceptors (Lipinski definition) is 4. The lowest BCUT2D eigenvalue weighted by molar-refractivity contribution is 0.561. The lowest BCUT2D eigenvalue weighted by Crippen LogP contribution is -2.05. The van der Waals surface area contributed by atoms with E-state index in [1.165, 1.54) is 0 Å². The van der Waals surface area contributed by atoms with E-state index >= 15 is 0 Å². The fraction of sp³-hybridized carbons (Fsp3) is 0.125. The first-order valence-corrected chi connectivity index (χ1v) is 3.63. The third-order valence-electron chi connectivity index (χ3n) is 1.66. The fourth-order valence-corrected chi connectivity index (χ4v) is 1.13. The Bertz CT molecular complexity index is 408. The van der Waals surface area contributed by atoms with Crippen molar-refractivity contribution in [1.29, 1.82) is 0 Å². The Morgan fingerprint density at radius 2 is 2.33 bits per heavy atom. The van der Waals surface area contributed by atoms with Gasteiger partial charge in [0, 0.05) is 13.0 Å². The number of benzene rings is 1. The summed E-state index contributed by atoms with van der Waals surface area (Å²) in [7, 11) is 0. The SMILES string of the molecule is Cc1nc2ccc(NN)cc2o1. The van der Waals surface area contributed by atoms with Crippen LogP contribution in [0.3, 0.4) is 0 Å². The summed E-state index contributed by atoms with van der Waals surface area (Å²) in [6.07, 6.45) is 0. The molecule has 3 N–H and O–H groups in total. The van der Waals surface area contributed by atoms with Crippen LogP contribution in [-0.2, 0) is 0 Å². The first-order valence-electron chi connectivity index (χ1n) is 3.63. The predicted octanol–water partition coefficient (Wildman–Crippen LogP) is 1.42. The number of hydrogen-bond donors (Lipinski definition) is 2. The van der Waals surface area contributed by atoms with Gasteiger partial charge in [0.2, 0.25) is 0 Å². The molecular weight excluding hydrogens is 154 g/mol. The largest absolute Gasteiger partial charge is 0.441 e. The van der Waals surface area contributed by atoms with Gasteiger partial charge < -0.3 is 9.84 Å². The third-order valence-corrected chi connectivity index (χ3v) is 1.66. The Labute approximate surface area is 69.4 Å². The molecule has 2 rings (SSSR count). The highest BCUT2D eigenvalue weighted by Crippen LogP contribution is 2.18. The van der Waals surface area contributed by atoms with Crippen LogP contribution in [0.15, 0.2) is 22.6 Å². The number of aromatic nitrogens is 1. The van der Waals surface area contributed by atoms with Crippen LogP contribution in [0.2, 0.25) is 0 Å². The van der Waals surface area contributed by atoms with Gasteiger partial charge in [-0.2, -0.15) is 0 Å². The van der Waals surface area contributed by atoms with E-state index in [1.807, 2.05) is 25.1 Å². The third kappa shape index (κ3) is 1.02. The lowest BCUT2D eigenvalue weighted by Gasteiger charge is -1.95. The molecule has 0 aliphatic heterocycles. The standard InChI is InChI=1S/C8H9N3O/c1-5-10-7-3-2-6(11-9)4-8(7)12-5/h2-4,11H,9H2,1H3. The molecule has 0 saturated carbocycles. The molecule has 0 spiro atoms. The molecule has 0 aliphatic rings. The molecule has 0 saturated heterocycles. The zero-order valence-corrected chi connectivity index (χ0v) is 6.66. The van der Waals surface area contributed by atoms with E-state index in [0.717, 1.165) is 16.8 Å². The number of nitrogens with zero attached hydrogens (tertiary/aromatic N) is 1. The van der Waals surface area contributed by atoms with E-state index in [-0.39, 0.29) is 0 Å². The maximum absolute atomic E-state index is 5.30. The number of nitrogens with two attached hydrogens (primary N) is 1. The average molecular weight is 163 g/mol. The van der Waals surface area contributed by atoms with E-state index in [4.69, 9.17) is 10.3 Å². The van der Waals surface area contributed by atoms with Crippen LogP contribution in [0.4, 0.5) is 5.69 Å². The van der Waals surface area contributed by atoms with Crippen LogP contribution >= 0.6 is 0 Å². The van der Waals surface area contributed by atoms with Gasteiger partial charge in [0.15, 0.2) is 11.5 Å². The molecule has 0 aliphatic carbocycles. The zero-order chi connectivity index (χ0) is 8.55. The van der Waals surface area contributed by atoms with E-state index in [2.05, 4.69) is 10.4 Å². The number of nitrogens with one attached hydrogen (secondary N) is 1. The van der Waals surface area contributed by atoms with Crippen LogP contribution < -0.4 is 11.3 Å². The molecule has 0 radical (unpaired) electrons. The maximum Gasteiger partial charge on any atom is 0.192 e. The maximum atomic E-state index is 5.30. The van der Waals surface area contributed by atoms with Gasteiger partial charge in [-0.05, 0) is 12.1 Å². The molecule has 4 heteroatoms. The minimum atomic E-state index is 0.666.